The van der Waals surface area contributed by atoms with Crippen LogP contribution in [0.4, 0.5) is 4.39 Å². The molecular formula is C18H20BrFN2O3S. The second kappa shape index (κ2) is 8.58. The molecule has 2 aromatic carbocycles. The van der Waals surface area contributed by atoms with E-state index in [1.807, 2.05) is 6.07 Å². The van der Waals surface area contributed by atoms with Crippen molar-refractivity contribution >= 4 is 26.0 Å². The SMILES string of the molecule is O=S(=O)(NCC(c1cccc(F)c1)N1CCOCC1)c1cccc(Br)c1. The fraction of sp³-hybridized carbons (Fsp3) is 0.333. The summed E-state index contributed by atoms with van der Waals surface area (Å²) in [6.45, 7) is 2.63. The van der Waals surface area contributed by atoms with Crippen molar-refractivity contribution in [1.29, 1.82) is 0 Å². The van der Waals surface area contributed by atoms with E-state index in [0.717, 1.165) is 5.56 Å². The summed E-state index contributed by atoms with van der Waals surface area (Å²) in [5, 5.41) is 0. The highest BCUT2D eigenvalue weighted by Gasteiger charge is 2.25. The average Bonchev–Trinajstić information content (AvgIpc) is 2.63. The van der Waals surface area contributed by atoms with Gasteiger partial charge in [0.25, 0.3) is 0 Å². The van der Waals surface area contributed by atoms with Crippen LogP contribution in [0.15, 0.2) is 57.9 Å². The molecule has 0 bridgehead atoms. The number of nitrogens with one attached hydrogen (secondary N) is 1. The Kier molecular flexibility index (Phi) is 6.42. The maximum Gasteiger partial charge on any atom is 0.240 e. The number of morpholine rings is 1. The summed E-state index contributed by atoms with van der Waals surface area (Å²) in [7, 11) is -3.67. The number of benzene rings is 2. The van der Waals surface area contributed by atoms with Gasteiger partial charge in [0, 0.05) is 30.1 Å². The van der Waals surface area contributed by atoms with Crippen molar-refractivity contribution in [1.82, 2.24) is 9.62 Å². The Morgan fingerprint density at radius 2 is 1.88 bits per heavy atom. The van der Waals surface area contributed by atoms with Crippen LogP contribution in [0.3, 0.4) is 0 Å². The van der Waals surface area contributed by atoms with Gasteiger partial charge in [-0.1, -0.05) is 34.1 Å². The normalized spacial score (nSPS) is 17.2. The fourth-order valence-corrected chi connectivity index (χ4v) is 4.60. The first-order valence-electron chi connectivity index (χ1n) is 8.28. The van der Waals surface area contributed by atoms with E-state index in [0.29, 0.717) is 30.8 Å². The highest BCUT2D eigenvalue weighted by atomic mass is 79.9. The fourth-order valence-electron chi connectivity index (χ4n) is 2.97. The van der Waals surface area contributed by atoms with Crippen molar-refractivity contribution in [3.8, 4) is 0 Å². The summed E-state index contributed by atoms with van der Waals surface area (Å²) in [6, 6.07) is 12.5. The molecule has 0 saturated carbocycles. The van der Waals surface area contributed by atoms with E-state index in [-0.39, 0.29) is 23.3 Å². The van der Waals surface area contributed by atoms with Gasteiger partial charge in [0.2, 0.25) is 10.0 Å². The van der Waals surface area contributed by atoms with Gasteiger partial charge >= 0.3 is 0 Å². The molecule has 0 aromatic heterocycles. The largest absolute Gasteiger partial charge is 0.379 e. The molecule has 1 aliphatic heterocycles. The number of ether oxygens (including phenoxy) is 1. The number of halogens is 2. The van der Waals surface area contributed by atoms with E-state index < -0.39 is 10.0 Å². The van der Waals surface area contributed by atoms with Gasteiger partial charge in [-0.15, -0.1) is 0 Å². The van der Waals surface area contributed by atoms with E-state index in [1.54, 1.807) is 30.3 Å². The second-order valence-electron chi connectivity index (χ2n) is 6.03. The number of nitrogens with zero attached hydrogens (tertiary/aromatic N) is 1. The van der Waals surface area contributed by atoms with Gasteiger partial charge in [0.15, 0.2) is 0 Å². The highest BCUT2D eigenvalue weighted by molar-refractivity contribution is 9.10. The molecule has 1 heterocycles. The third kappa shape index (κ3) is 4.89. The van der Waals surface area contributed by atoms with Crippen molar-refractivity contribution in [2.75, 3.05) is 32.8 Å². The Morgan fingerprint density at radius 1 is 1.15 bits per heavy atom. The molecule has 8 heteroatoms. The molecule has 1 fully saturated rings. The van der Waals surface area contributed by atoms with Gasteiger partial charge in [-0.3, -0.25) is 4.90 Å². The van der Waals surface area contributed by atoms with Crippen molar-refractivity contribution in [3.05, 3.63) is 64.4 Å². The lowest BCUT2D eigenvalue weighted by atomic mass is 10.0. The summed E-state index contributed by atoms with van der Waals surface area (Å²) >= 11 is 3.29. The molecule has 1 saturated heterocycles. The molecule has 2 aromatic rings. The quantitative estimate of drug-likeness (QED) is 0.746. The lowest BCUT2D eigenvalue weighted by Gasteiger charge is -2.34. The molecule has 1 N–H and O–H groups in total. The Balaban J connectivity index is 1.81. The Hall–Kier alpha value is -1.32. The molecule has 140 valence electrons. The van der Waals surface area contributed by atoms with Crippen LogP contribution in [0, 0.1) is 5.82 Å². The standard InChI is InChI=1S/C18H20BrFN2O3S/c19-15-4-2-6-17(12-15)26(23,24)21-13-18(22-7-9-25-10-8-22)14-3-1-5-16(20)11-14/h1-6,11-12,18,21H,7-10,13H2. The van der Waals surface area contributed by atoms with Crippen LogP contribution >= 0.6 is 15.9 Å². The molecule has 0 radical (unpaired) electrons. The number of hydrogen-bond donors (Lipinski definition) is 1. The number of sulfonamides is 1. The maximum absolute atomic E-state index is 13.7. The van der Waals surface area contributed by atoms with E-state index in [9.17, 15) is 12.8 Å². The smallest absolute Gasteiger partial charge is 0.240 e. The van der Waals surface area contributed by atoms with Crippen LogP contribution in [0.1, 0.15) is 11.6 Å². The maximum atomic E-state index is 13.7. The van der Waals surface area contributed by atoms with E-state index in [2.05, 4.69) is 25.6 Å². The molecule has 3 rings (SSSR count). The molecule has 0 amide bonds. The van der Waals surface area contributed by atoms with E-state index in [1.165, 1.54) is 12.1 Å². The van der Waals surface area contributed by atoms with E-state index >= 15 is 0 Å². The van der Waals surface area contributed by atoms with Crippen LogP contribution in [-0.2, 0) is 14.8 Å². The Morgan fingerprint density at radius 3 is 2.58 bits per heavy atom. The molecular weight excluding hydrogens is 423 g/mol. The zero-order chi connectivity index (χ0) is 18.6. The van der Waals surface area contributed by atoms with Crippen LogP contribution in [0.5, 0.6) is 0 Å². The minimum absolute atomic E-state index is 0.151. The molecule has 1 unspecified atom stereocenters. The minimum atomic E-state index is -3.67. The molecule has 1 atom stereocenters. The Labute approximate surface area is 161 Å². The van der Waals surface area contributed by atoms with Gasteiger partial charge in [-0.25, -0.2) is 17.5 Å². The van der Waals surface area contributed by atoms with Crippen molar-refractivity contribution < 1.29 is 17.5 Å². The third-order valence-electron chi connectivity index (χ3n) is 4.29. The number of hydrogen-bond acceptors (Lipinski definition) is 4. The molecule has 26 heavy (non-hydrogen) atoms. The van der Waals surface area contributed by atoms with Crippen LogP contribution < -0.4 is 4.72 Å². The summed E-state index contributed by atoms with van der Waals surface area (Å²) < 4.78 is 47.7. The number of rotatable bonds is 6. The second-order valence-corrected chi connectivity index (χ2v) is 8.71. The van der Waals surface area contributed by atoms with Crippen molar-refractivity contribution in [2.24, 2.45) is 0 Å². The van der Waals surface area contributed by atoms with Crippen molar-refractivity contribution in [3.63, 3.8) is 0 Å². The minimum Gasteiger partial charge on any atom is -0.379 e. The zero-order valence-electron chi connectivity index (χ0n) is 14.1. The predicted octanol–water partition coefficient (Wildman–Crippen LogP) is 2.94. The lowest BCUT2D eigenvalue weighted by molar-refractivity contribution is 0.0171. The monoisotopic (exact) mass is 442 g/mol. The van der Waals surface area contributed by atoms with Gasteiger partial charge < -0.3 is 4.74 Å². The third-order valence-corrected chi connectivity index (χ3v) is 6.21. The van der Waals surface area contributed by atoms with Crippen LogP contribution in [0.2, 0.25) is 0 Å². The van der Waals surface area contributed by atoms with Gasteiger partial charge in [-0.2, -0.15) is 0 Å². The molecule has 0 aliphatic carbocycles. The van der Waals surface area contributed by atoms with Gasteiger partial charge in [0.05, 0.1) is 18.1 Å². The predicted molar refractivity (Wildman–Crippen MR) is 101 cm³/mol. The van der Waals surface area contributed by atoms with Gasteiger partial charge in [-0.05, 0) is 35.9 Å². The summed E-state index contributed by atoms with van der Waals surface area (Å²) in [6.07, 6.45) is 0. The lowest BCUT2D eigenvalue weighted by Crippen LogP contribution is -2.43. The zero-order valence-corrected chi connectivity index (χ0v) is 16.5. The van der Waals surface area contributed by atoms with Crippen LogP contribution in [0.25, 0.3) is 0 Å². The summed E-state index contributed by atoms with van der Waals surface area (Å²) in [5.41, 5.74) is 0.740. The Bertz CT molecular complexity index is 857. The first kappa shape index (κ1) is 19.4. The summed E-state index contributed by atoms with van der Waals surface area (Å²) in [4.78, 5) is 2.30. The first-order valence-corrected chi connectivity index (χ1v) is 10.6. The van der Waals surface area contributed by atoms with E-state index in [4.69, 9.17) is 4.74 Å². The topological polar surface area (TPSA) is 58.6 Å². The summed E-state index contributed by atoms with van der Waals surface area (Å²) in [5.74, 6) is -0.337. The molecule has 5 nitrogen and oxygen atoms in total. The van der Waals surface area contributed by atoms with Crippen molar-refractivity contribution in [2.45, 2.75) is 10.9 Å². The molecule has 1 aliphatic rings. The highest BCUT2D eigenvalue weighted by Crippen LogP contribution is 2.23. The average molecular weight is 443 g/mol. The first-order chi connectivity index (χ1) is 12.5. The van der Waals surface area contributed by atoms with Crippen LogP contribution in [-0.4, -0.2) is 46.2 Å². The van der Waals surface area contributed by atoms with Gasteiger partial charge in [0.1, 0.15) is 5.82 Å². The molecule has 0 spiro atoms.